The molecule has 0 radical (unpaired) electrons. The Bertz CT molecular complexity index is 445. The van der Waals surface area contributed by atoms with Crippen LogP contribution in [0.1, 0.15) is 0 Å². The van der Waals surface area contributed by atoms with E-state index in [0.29, 0.717) is 0 Å². The molecular formula is C10H8BrClN2. The van der Waals surface area contributed by atoms with Gasteiger partial charge in [-0.3, -0.25) is 4.68 Å². The van der Waals surface area contributed by atoms with E-state index < -0.39 is 0 Å². The van der Waals surface area contributed by atoms with Crippen molar-refractivity contribution < 1.29 is 0 Å². The van der Waals surface area contributed by atoms with Crippen LogP contribution in [0.15, 0.2) is 34.9 Å². The molecular weight excluding hydrogens is 263 g/mol. The number of hydrogen-bond acceptors (Lipinski definition) is 1. The van der Waals surface area contributed by atoms with Crippen molar-refractivity contribution in [3.05, 3.63) is 40.0 Å². The molecule has 0 atom stereocenters. The fourth-order valence-corrected chi connectivity index (χ4v) is 1.77. The van der Waals surface area contributed by atoms with Gasteiger partial charge in [-0.1, -0.05) is 29.8 Å². The van der Waals surface area contributed by atoms with Gasteiger partial charge in [-0.25, -0.2) is 0 Å². The molecule has 14 heavy (non-hydrogen) atoms. The first-order valence-electron chi connectivity index (χ1n) is 4.13. The van der Waals surface area contributed by atoms with E-state index in [2.05, 4.69) is 21.0 Å². The summed E-state index contributed by atoms with van der Waals surface area (Å²) in [6.07, 6.45) is 0. The second-order valence-corrected chi connectivity index (χ2v) is 4.18. The van der Waals surface area contributed by atoms with Gasteiger partial charge in [0.1, 0.15) is 4.60 Å². The van der Waals surface area contributed by atoms with E-state index in [0.717, 1.165) is 20.9 Å². The molecule has 2 nitrogen and oxygen atoms in total. The highest BCUT2D eigenvalue weighted by Gasteiger charge is 2.07. The highest BCUT2D eigenvalue weighted by Crippen LogP contribution is 2.27. The molecule has 0 saturated carbocycles. The molecule has 0 aliphatic heterocycles. The predicted molar refractivity (Wildman–Crippen MR) is 61.4 cm³/mol. The largest absolute Gasteiger partial charge is 0.261 e. The topological polar surface area (TPSA) is 17.8 Å². The highest BCUT2D eigenvalue weighted by atomic mass is 79.9. The predicted octanol–water partition coefficient (Wildman–Crippen LogP) is 3.50. The van der Waals surface area contributed by atoms with E-state index in [1.165, 1.54) is 0 Å². The van der Waals surface area contributed by atoms with Crippen LogP contribution >= 0.6 is 27.5 Å². The Morgan fingerprint density at radius 1 is 1.36 bits per heavy atom. The van der Waals surface area contributed by atoms with Gasteiger partial charge in [-0.15, -0.1) is 0 Å². The molecule has 1 aromatic carbocycles. The van der Waals surface area contributed by atoms with Crippen molar-refractivity contribution in [1.82, 2.24) is 9.78 Å². The van der Waals surface area contributed by atoms with Crippen LogP contribution in [-0.2, 0) is 7.05 Å². The van der Waals surface area contributed by atoms with Crippen molar-refractivity contribution in [3.63, 3.8) is 0 Å². The van der Waals surface area contributed by atoms with Gasteiger partial charge in [-0.05, 0) is 28.1 Å². The van der Waals surface area contributed by atoms with Gasteiger partial charge in [0.2, 0.25) is 0 Å². The van der Waals surface area contributed by atoms with Gasteiger partial charge in [0.05, 0.1) is 10.7 Å². The second kappa shape index (κ2) is 3.75. The minimum atomic E-state index is 0.720. The normalized spacial score (nSPS) is 10.5. The van der Waals surface area contributed by atoms with E-state index in [4.69, 9.17) is 11.6 Å². The molecule has 0 unspecified atom stereocenters. The van der Waals surface area contributed by atoms with Crippen LogP contribution in [0.5, 0.6) is 0 Å². The first kappa shape index (κ1) is 9.74. The summed E-state index contributed by atoms with van der Waals surface area (Å²) < 4.78 is 2.70. The summed E-state index contributed by atoms with van der Waals surface area (Å²) in [7, 11) is 1.88. The highest BCUT2D eigenvalue weighted by molar-refractivity contribution is 9.10. The van der Waals surface area contributed by atoms with Gasteiger partial charge in [0.25, 0.3) is 0 Å². The zero-order valence-electron chi connectivity index (χ0n) is 7.54. The number of rotatable bonds is 1. The summed E-state index contributed by atoms with van der Waals surface area (Å²) in [5.41, 5.74) is 1.83. The fraction of sp³-hybridized carbons (Fsp3) is 0.100. The number of nitrogens with zero attached hydrogens (tertiary/aromatic N) is 2. The summed E-state index contributed by atoms with van der Waals surface area (Å²) in [5, 5.41) is 5.05. The van der Waals surface area contributed by atoms with Crippen LogP contribution in [0.4, 0.5) is 0 Å². The average Bonchev–Trinajstić information content (AvgIpc) is 2.48. The van der Waals surface area contributed by atoms with Crippen molar-refractivity contribution in [2.75, 3.05) is 0 Å². The Balaban J connectivity index is 2.55. The summed E-state index contributed by atoms with van der Waals surface area (Å²) in [6.45, 7) is 0. The monoisotopic (exact) mass is 270 g/mol. The minimum Gasteiger partial charge on any atom is -0.261 e. The van der Waals surface area contributed by atoms with Gasteiger partial charge in [0, 0.05) is 12.6 Å². The first-order chi connectivity index (χ1) is 6.68. The zero-order valence-corrected chi connectivity index (χ0v) is 9.88. The Morgan fingerprint density at radius 3 is 2.64 bits per heavy atom. The molecule has 0 saturated heterocycles. The summed E-state index contributed by atoms with van der Waals surface area (Å²) >= 11 is 9.45. The van der Waals surface area contributed by atoms with Gasteiger partial charge in [-0.2, -0.15) is 5.10 Å². The molecule has 0 aliphatic rings. The van der Waals surface area contributed by atoms with E-state index in [9.17, 15) is 0 Å². The number of hydrogen-bond donors (Lipinski definition) is 0. The van der Waals surface area contributed by atoms with Gasteiger partial charge in [0.15, 0.2) is 0 Å². The molecule has 0 amide bonds. The van der Waals surface area contributed by atoms with Crippen LogP contribution in [0.3, 0.4) is 0 Å². The lowest BCUT2D eigenvalue weighted by molar-refractivity contribution is 0.752. The maximum atomic E-state index is 6.06. The second-order valence-electron chi connectivity index (χ2n) is 2.96. The number of halogens is 2. The Labute approximate surface area is 95.6 Å². The maximum absolute atomic E-state index is 6.06. The average molecular weight is 272 g/mol. The molecule has 4 heteroatoms. The van der Waals surface area contributed by atoms with Gasteiger partial charge >= 0.3 is 0 Å². The number of aryl methyl sites for hydroxylation is 1. The SMILES string of the molecule is Cn1nc(-c2ccccc2Cl)cc1Br. The lowest BCUT2D eigenvalue weighted by Gasteiger charge is -1.98. The Kier molecular flexibility index (Phi) is 2.61. The standard InChI is InChI=1S/C10H8BrClN2/c1-14-10(11)6-9(13-14)7-4-2-3-5-8(7)12/h2-6H,1H3. The van der Waals surface area contributed by atoms with E-state index in [1.807, 2.05) is 37.4 Å². The molecule has 2 rings (SSSR count). The Hall–Kier alpha value is -0.800. The number of benzene rings is 1. The van der Waals surface area contributed by atoms with E-state index >= 15 is 0 Å². The molecule has 2 aromatic rings. The van der Waals surface area contributed by atoms with Crippen molar-refractivity contribution in [1.29, 1.82) is 0 Å². The van der Waals surface area contributed by atoms with Crippen molar-refractivity contribution in [3.8, 4) is 11.3 Å². The summed E-state index contributed by atoms with van der Waals surface area (Å²) in [6, 6.07) is 9.62. The fourth-order valence-electron chi connectivity index (χ4n) is 1.25. The van der Waals surface area contributed by atoms with Crippen LogP contribution in [0.2, 0.25) is 5.02 Å². The zero-order chi connectivity index (χ0) is 10.1. The summed E-state index contributed by atoms with van der Waals surface area (Å²) in [5.74, 6) is 0. The Morgan fingerprint density at radius 2 is 2.07 bits per heavy atom. The third-order valence-corrected chi connectivity index (χ3v) is 3.04. The quantitative estimate of drug-likeness (QED) is 0.776. The minimum absolute atomic E-state index is 0.720. The molecule has 0 N–H and O–H groups in total. The maximum Gasteiger partial charge on any atom is 0.104 e. The van der Waals surface area contributed by atoms with E-state index in [1.54, 1.807) is 4.68 Å². The van der Waals surface area contributed by atoms with Crippen LogP contribution in [0, 0.1) is 0 Å². The van der Waals surface area contributed by atoms with Crippen LogP contribution in [-0.4, -0.2) is 9.78 Å². The third-order valence-electron chi connectivity index (χ3n) is 1.97. The lowest BCUT2D eigenvalue weighted by atomic mass is 10.2. The molecule has 0 fully saturated rings. The molecule has 0 aliphatic carbocycles. The summed E-state index contributed by atoms with van der Waals surface area (Å²) in [4.78, 5) is 0. The lowest BCUT2D eigenvalue weighted by Crippen LogP contribution is -1.90. The molecule has 72 valence electrons. The molecule has 0 bridgehead atoms. The molecule has 0 spiro atoms. The van der Waals surface area contributed by atoms with E-state index in [-0.39, 0.29) is 0 Å². The third kappa shape index (κ3) is 1.70. The van der Waals surface area contributed by atoms with Crippen LogP contribution in [0.25, 0.3) is 11.3 Å². The van der Waals surface area contributed by atoms with Crippen molar-refractivity contribution in [2.24, 2.45) is 7.05 Å². The smallest absolute Gasteiger partial charge is 0.104 e. The van der Waals surface area contributed by atoms with Gasteiger partial charge < -0.3 is 0 Å². The van der Waals surface area contributed by atoms with Crippen LogP contribution < -0.4 is 0 Å². The first-order valence-corrected chi connectivity index (χ1v) is 5.30. The number of aromatic nitrogens is 2. The molecule has 1 heterocycles. The van der Waals surface area contributed by atoms with Crippen molar-refractivity contribution in [2.45, 2.75) is 0 Å². The molecule has 1 aromatic heterocycles. The van der Waals surface area contributed by atoms with Crippen molar-refractivity contribution >= 4 is 27.5 Å².